The lowest BCUT2D eigenvalue weighted by Gasteiger charge is -2.37. The summed E-state index contributed by atoms with van der Waals surface area (Å²) in [5.74, 6) is 0.0582. The highest BCUT2D eigenvalue weighted by Crippen LogP contribution is 2.34. The van der Waals surface area contributed by atoms with Crippen LogP contribution in [0.5, 0.6) is 0 Å². The van der Waals surface area contributed by atoms with E-state index >= 15 is 0 Å². The summed E-state index contributed by atoms with van der Waals surface area (Å²) in [5.41, 5.74) is 5.64. The van der Waals surface area contributed by atoms with Crippen molar-refractivity contribution in [3.8, 4) is 0 Å². The number of carbonyl (C=O) groups is 2. The molecule has 1 fully saturated rings. The second-order valence-corrected chi connectivity index (χ2v) is 9.83. The van der Waals surface area contributed by atoms with Gasteiger partial charge in [-0.25, -0.2) is 0 Å². The van der Waals surface area contributed by atoms with Crippen LogP contribution in [-0.4, -0.2) is 67.6 Å². The maximum absolute atomic E-state index is 13.4. The van der Waals surface area contributed by atoms with Crippen LogP contribution < -0.4 is 10.2 Å². The summed E-state index contributed by atoms with van der Waals surface area (Å²) in [6.07, 6.45) is 0.474. The zero-order valence-corrected chi connectivity index (χ0v) is 22.2. The normalized spacial score (nSPS) is 17.1. The predicted molar refractivity (Wildman–Crippen MR) is 151 cm³/mol. The molecule has 1 atom stereocenters. The van der Waals surface area contributed by atoms with E-state index in [1.807, 2.05) is 65.3 Å². The Labute approximate surface area is 225 Å². The molecule has 2 aliphatic heterocycles. The van der Waals surface area contributed by atoms with Crippen molar-refractivity contribution in [2.24, 2.45) is 0 Å². The van der Waals surface area contributed by atoms with Crippen molar-refractivity contribution in [2.45, 2.75) is 26.4 Å². The number of nitrogens with zero attached hydrogens (tertiary/aromatic N) is 3. The smallest absolute Gasteiger partial charge is 0.256 e. The van der Waals surface area contributed by atoms with Gasteiger partial charge < -0.3 is 24.8 Å². The lowest BCUT2D eigenvalue weighted by atomic mass is 10.1. The van der Waals surface area contributed by atoms with Crippen LogP contribution in [0.1, 0.15) is 51.4 Å². The number of amides is 2. The molecule has 0 saturated carbocycles. The van der Waals surface area contributed by atoms with Crippen LogP contribution in [0, 0.1) is 6.92 Å². The van der Waals surface area contributed by atoms with Gasteiger partial charge in [-0.3, -0.25) is 9.59 Å². The van der Waals surface area contributed by atoms with E-state index in [-0.39, 0.29) is 18.0 Å². The summed E-state index contributed by atoms with van der Waals surface area (Å²) >= 11 is 0. The molecule has 3 aromatic rings. The molecule has 0 spiro atoms. The maximum Gasteiger partial charge on any atom is 0.256 e. The van der Waals surface area contributed by atoms with Crippen LogP contribution in [-0.2, 0) is 4.74 Å². The van der Waals surface area contributed by atoms with Crippen LogP contribution in [0.2, 0.25) is 0 Å². The van der Waals surface area contributed by atoms with Crippen LogP contribution in [0.3, 0.4) is 0 Å². The first-order valence-electron chi connectivity index (χ1n) is 13.5. The number of aryl methyl sites for hydroxylation is 1. The van der Waals surface area contributed by atoms with E-state index in [1.54, 1.807) is 0 Å². The number of nitrogens with one attached hydrogen (secondary N) is 1. The highest BCUT2D eigenvalue weighted by molar-refractivity contribution is 5.99. The second kappa shape index (κ2) is 11.7. The molecule has 0 aliphatic carbocycles. The fourth-order valence-electron chi connectivity index (χ4n) is 5.39. The molecule has 198 valence electrons. The van der Waals surface area contributed by atoms with Gasteiger partial charge in [0.1, 0.15) is 6.17 Å². The van der Waals surface area contributed by atoms with Crippen molar-refractivity contribution in [1.82, 2.24) is 9.80 Å². The number of ether oxygens (including phenoxy) is 1. The monoisotopic (exact) mass is 512 g/mol. The molecule has 7 heteroatoms. The highest BCUT2D eigenvalue weighted by atomic mass is 16.5. The molecule has 2 heterocycles. The molecule has 2 aliphatic rings. The number of hydrogen-bond donors (Lipinski definition) is 1. The van der Waals surface area contributed by atoms with Gasteiger partial charge in [0.2, 0.25) is 0 Å². The van der Waals surface area contributed by atoms with E-state index in [2.05, 4.69) is 41.4 Å². The first-order valence-corrected chi connectivity index (χ1v) is 13.5. The van der Waals surface area contributed by atoms with Gasteiger partial charge in [-0.2, -0.15) is 0 Å². The molecule has 7 nitrogen and oxygen atoms in total. The Kier molecular flexibility index (Phi) is 7.94. The molecule has 5 rings (SSSR count). The quantitative estimate of drug-likeness (QED) is 0.411. The Morgan fingerprint density at radius 1 is 0.974 bits per heavy atom. The number of benzene rings is 3. The predicted octanol–water partition coefficient (Wildman–Crippen LogP) is 4.95. The first-order chi connectivity index (χ1) is 18.6. The van der Waals surface area contributed by atoms with Gasteiger partial charge >= 0.3 is 0 Å². The van der Waals surface area contributed by atoms with E-state index in [0.717, 1.165) is 36.3 Å². The summed E-state index contributed by atoms with van der Waals surface area (Å²) in [6, 6.07) is 23.8. The number of fused-ring (bicyclic) bond motifs is 1. The zero-order chi connectivity index (χ0) is 26.5. The van der Waals surface area contributed by atoms with E-state index in [4.69, 9.17) is 4.74 Å². The molecule has 3 aromatic carbocycles. The van der Waals surface area contributed by atoms with Crippen LogP contribution in [0.4, 0.5) is 11.4 Å². The minimum atomic E-state index is -0.289. The maximum atomic E-state index is 13.4. The van der Waals surface area contributed by atoms with Gasteiger partial charge in [0, 0.05) is 74.0 Å². The Balaban J connectivity index is 1.27. The third kappa shape index (κ3) is 5.38. The molecular formula is C31H36N4O3. The van der Waals surface area contributed by atoms with Crippen molar-refractivity contribution < 1.29 is 14.3 Å². The van der Waals surface area contributed by atoms with Crippen LogP contribution in [0.25, 0.3) is 0 Å². The summed E-state index contributed by atoms with van der Waals surface area (Å²) in [4.78, 5) is 32.7. The summed E-state index contributed by atoms with van der Waals surface area (Å²) in [5, 5.41) is 3.54. The largest absolute Gasteiger partial charge is 0.382 e. The number of rotatable bonds is 9. The van der Waals surface area contributed by atoms with Crippen LogP contribution in [0.15, 0.2) is 72.8 Å². The molecule has 2 amide bonds. The third-order valence-corrected chi connectivity index (χ3v) is 7.39. The minimum Gasteiger partial charge on any atom is -0.382 e. The van der Waals surface area contributed by atoms with Gasteiger partial charge in [0.05, 0.1) is 0 Å². The first kappa shape index (κ1) is 25.8. The fraction of sp³-hybridized carbons (Fsp3) is 0.355. The second-order valence-electron chi connectivity index (χ2n) is 9.83. The number of piperazine rings is 1. The molecule has 1 unspecified atom stereocenters. The lowest BCUT2D eigenvalue weighted by Crippen LogP contribution is -2.49. The van der Waals surface area contributed by atoms with E-state index in [1.165, 1.54) is 11.3 Å². The Morgan fingerprint density at radius 3 is 2.53 bits per heavy atom. The Morgan fingerprint density at radius 2 is 1.74 bits per heavy atom. The van der Waals surface area contributed by atoms with Crippen molar-refractivity contribution in [2.75, 3.05) is 56.2 Å². The van der Waals surface area contributed by atoms with Gasteiger partial charge in [-0.05, 0) is 56.2 Å². The number of hydrogen-bond acceptors (Lipinski definition) is 5. The fourth-order valence-corrected chi connectivity index (χ4v) is 5.39. The minimum absolute atomic E-state index is 0.0216. The number of carbonyl (C=O) groups excluding carboxylic acids is 2. The molecular weight excluding hydrogens is 476 g/mol. The average Bonchev–Trinajstić information content (AvgIpc) is 3.21. The number of para-hydroxylation sites is 1. The van der Waals surface area contributed by atoms with Gasteiger partial charge in [0.25, 0.3) is 11.8 Å². The van der Waals surface area contributed by atoms with E-state index < -0.39 is 0 Å². The molecule has 1 saturated heterocycles. The third-order valence-electron chi connectivity index (χ3n) is 7.39. The number of anilines is 2. The molecule has 0 aromatic heterocycles. The Hall–Kier alpha value is -3.84. The van der Waals surface area contributed by atoms with E-state index in [0.29, 0.717) is 38.4 Å². The molecule has 38 heavy (non-hydrogen) atoms. The van der Waals surface area contributed by atoms with Crippen molar-refractivity contribution in [1.29, 1.82) is 0 Å². The van der Waals surface area contributed by atoms with Crippen molar-refractivity contribution in [3.05, 3.63) is 95.1 Å². The zero-order valence-electron chi connectivity index (χ0n) is 22.2. The topological polar surface area (TPSA) is 65.1 Å². The van der Waals surface area contributed by atoms with E-state index in [9.17, 15) is 9.59 Å². The van der Waals surface area contributed by atoms with Crippen molar-refractivity contribution >= 4 is 23.2 Å². The molecule has 0 radical (unpaired) electrons. The van der Waals surface area contributed by atoms with Gasteiger partial charge in [-0.1, -0.05) is 42.5 Å². The summed E-state index contributed by atoms with van der Waals surface area (Å²) < 4.78 is 5.49. The lowest BCUT2D eigenvalue weighted by molar-refractivity contribution is 0.0706. The standard InChI is InChI=1S/C31H36N4O3/c1-3-38-21-9-16-35-29(26-13-5-6-14-27(26)31(35)37)32-25-12-8-11-24(22-25)30(36)34-19-17-33(18-20-34)28-15-7-4-10-23(28)2/h4-8,10-15,22,29,32H,3,9,16-21H2,1-2H3. The highest BCUT2D eigenvalue weighted by Gasteiger charge is 2.36. The SMILES string of the molecule is CCOCCCN1C(=O)c2ccccc2C1Nc1cccc(C(=O)N2CCN(c3ccccc3C)CC2)c1. The molecule has 0 bridgehead atoms. The van der Waals surface area contributed by atoms with Crippen molar-refractivity contribution in [3.63, 3.8) is 0 Å². The van der Waals surface area contributed by atoms with Gasteiger partial charge in [-0.15, -0.1) is 0 Å². The van der Waals surface area contributed by atoms with Crippen LogP contribution >= 0.6 is 0 Å². The average molecular weight is 513 g/mol. The summed E-state index contributed by atoms with van der Waals surface area (Å²) in [7, 11) is 0. The summed E-state index contributed by atoms with van der Waals surface area (Å²) in [6.45, 7) is 8.96. The Bertz CT molecular complexity index is 1290. The van der Waals surface area contributed by atoms with Gasteiger partial charge in [0.15, 0.2) is 0 Å². The molecule has 1 N–H and O–H groups in total.